The summed E-state index contributed by atoms with van der Waals surface area (Å²) >= 11 is 0. The molecule has 0 radical (unpaired) electrons. The van der Waals surface area contributed by atoms with Crippen molar-refractivity contribution in [2.45, 2.75) is 24.3 Å². The maximum Gasteiger partial charge on any atom is 0.243 e. The Bertz CT molecular complexity index is 558. The first-order valence-corrected chi connectivity index (χ1v) is 7.37. The first-order valence-electron chi connectivity index (χ1n) is 5.93. The Hall–Kier alpha value is -1.39. The van der Waals surface area contributed by atoms with Gasteiger partial charge in [-0.3, -0.25) is 0 Å². The van der Waals surface area contributed by atoms with Gasteiger partial charge in [0, 0.05) is 12.6 Å². The van der Waals surface area contributed by atoms with Crippen molar-refractivity contribution < 1.29 is 8.42 Å². The van der Waals surface area contributed by atoms with E-state index in [1.807, 2.05) is 25.1 Å². The molecule has 1 atom stereocenters. The molecule has 1 aliphatic heterocycles. The fourth-order valence-electron chi connectivity index (χ4n) is 1.93. The van der Waals surface area contributed by atoms with Crippen LogP contribution >= 0.6 is 0 Å². The zero-order valence-electron chi connectivity index (χ0n) is 10.4. The summed E-state index contributed by atoms with van der Waals surface area (Å²) in [5.74, 6) is 0. The van der Waals surface area contributed by atoms with Gasteiger partial charge >= 0.3 is 0 Å². The van der Waals surface area contributed by atoms with Crippen molar-refractivity contribution in [3.05, 3.63) is 54.6 Å². The topological polar surface area (TPSA) is 37.4 Å². The number of aryl methyl sites for hydroxylation is 1. The molecular weight excluding hydrogens is 246 g/mol. The molecule has 1 saturated heterocycles. The van der Waals surface area contributed by atoms with Gasteiger partial charge in [-0.1, -0.05) is 42.5 Å². The van der Waals surface area contributed by atoms with E-state index in [4.69, 9.17) is 0 Å². The van der Waals surface area contributed by atoms with Crippen LogP contribution in [-0.2, 0) is 10.0 Å². The quantitative estimate of drug-likeness (QED) is 0.783. The minimum absolute atomic E-state index is 0.0331. The van der Waals surface area contributed by atoms with Crippen molar-refractivity contribution in [2.24, 2.45) is 0 Å². The van der Waals surface area contributed by atoms with Crippen LogP contribution < -0.4 is 0 Å². The molecule has 1 fully saturated rings. The summed E-state index contributed by atoms with van der Waals surface area (Å²) in [5, 5.41) is 0. The smallest absolute Gasteiger partial charge is 0.207 e. The van der Waals surface area contributed by atoms with Gasteiger partial charge in [0.05, 0.1) is 4.90 Å². The minimum Gasteiger partial charge on any atom is -0.207 e. The summed E-state index contributed by atoms with van der Waals surface area (Å²) in [6.45, 7) is 6.12. The molecule has 3 nitrogen and oxygen atoms in total. The Morgan fingerprint density at radius 3 is 2.50 bits per heavy atom. The predicted octanol–water partition coefficient (Wildman–Crippen LogP) is 2.50. The molecule has 1 aromatic carbocycles. The lowest BCUT2D eigenvalue weighted by molar-refractivity contribution is 0.243. The van der Waals surface area contributed by atoms with Crippen molar-refractivity contribution in [3.8, 4) is 0 Å². The third-order valence-corrected chi connectivity index (χ3v) is 5.05. The summed E-state index contributed by atoms with van der Waals surface area (Å²) in [6.07, 6.45) is 6.20. The third kappa shape index (κ3) is 2.40. The van der Waals surface area contributed by atoms with E-state index in [1.165, 1.54) is 4.31 Å². The molecular formula is C14H17NO2S. The van der Waals surface area contributed by atoms with Crippen molar-refractivity contribution in [1.29, 1.82) is 0 Å². The third-order valence-electron chi connectivity index (χ3n) is 3.11. The van der Waals surface area contributed by atoms with E-state index in [-0.39, 0.29) is 6.04 Å². The van der Waals surface area contributed by atoms with Crippen LogP contribution in [0.15, 0.2) is 54.0 Å². The maximum absolute atomic E-state index is 12.4. The molecule has 0 N–H and O–H groups in total. The van der Waals surface area contributed by atoms with Crippen LogP contribution in [-0.4, -0.2) is 25.3 Å². The summed E-state index contributed by atoms with van der Waals surface area (Å²) < 4.78 is 26.3. The second-order valence-electron chi connectivity index (χ2n) is 4.41. The Kier molecular flexibility index (Phi) is 3.68. The zero-order chi connectivity index (χ0) is 13.2. The highest BCUT2D eigenvalue weighted by atomic mass is 32.2. The molecule has 2 rings (SSSR count). The van der Waals surface area contributed by atoms with Crippen LogP contribution in [0.1, 0.15) is 12.0 Å². The molecule has 0 saturated carbocycles. The summed E-state index contributed by atoms with van der Waals surface area (Å²) in [6, 6.07) is 6.94. The summed E-state index contributed by atoms with van der Waals surface area (Å²) in [7, 11) is -3.35. The van der Waals surface area contributed by atoms with E-state index < -0.39 is 10.0 Å². The molecule has 1 unspecified atom stereocenters. The number of hydrogen-bond donors (Lipinski definition) is 0. The van der Waals surface area contributed by atoms with Gasteiger partial charge in [-0.05, 0) is 25.5 Å². The first kappa shape index (κ1) is 13.1. The van der Waals surface area contributed by atoms with Crippen LogP contribution in [0.2, 0.25) is 0 Å². The Labute approximate surface area is 108 Å². The van der Waals surface area contributed by atoms with Gasteiger partial charge < -0.3 is 0 Å². The number of sulfonamides is 1. The largest absolute Gasteiger partial charge is 0.243 e. The Balaban J connectivity index is 2.24. The molecule has 0 aromatic heterocycles. The van der Waals surface area contributed by atoms with Gasteiger partial charge in [0.1, 0.15) is 0 Å². The molecule has 0 bridgehead atoms. The lowest BCUT2D eigenvalue weighted by atomic mass is 10.1. The highest BCUT2D eigenvalue weighted by molar-refractivity contribution is 7.89. The van der Waals surface area contributed by atoms with E-state index >= 15 is 0 Å². The molecule has 0 amide bonds. The highest BCUT2D eigenvalue weighted by Gasteiger charge is 2.36. The fraction of sp³-hybridized carbons (Fsp3) is 0.286. The van der Waals surface area contributed by atoms with Gasteiger partial charge in [0.25, 0.3) is 0 Å². The van der Waals surface area contributed by atoms with E-state index in [0.717, 1.165) is 12.0 Å². The van der Waals surface area contributed by atoms with Crippen LogP contribution in [0.3, 0.4) is 0 Å². The van der Waals surface area contributed by atoms with Crippen LogP contribution in [0.4, 0.5) is 0 Å². The molecule has 4 heteroatoms. The van der Waals surface area contributed by atoms with Crippen molar-refractivity contribution >= 4 is 10.0 Å². The minimum atomic E-state index is -3.35. The van der Waals surface area contributed by atoms with Gasteiger partial charge in [0.2, 0.25) is 10.0 Å². The zero-order valence-corrected chi connectivity index (χ0v) is 11.2. The molecule has 1 aliphatic rings. The number of nitrogens with zero attached hydrogens (tertiary/aromatic N) is 1. The monoisotopic (exact) mass is 263 g/mol. The summed E-state index contributed by atoms with van der Waals surface area (Å²) in [4.78, 5) is 0.366. The number of benzene rings is 1. The average Bonchev–Trinajstić information content (AvgIpc) is 2.28. The van der Waals surface area contributed by atoms with E-state index in [2.05, 4.69) is 6.58 Å². The van der Waals surface area contributed by atoms with Crippen molar-refractivity contribution in [2.75, 3.05) is 6.54 Å². The molecule has 0 spiro atoms. The van der Waals surface area contributed by atoms with Gasteiger partial charge in [-0.25, -0.2) is 8.42 Å². The standard InChI is InChI=1S/C14H17NO2S/c1-3-4-5-13-10-11-15(13)18(16,17)14-8-6-12(2)7-9-14/h3-9,13H,1,10-11H2,2H3. The second-order valence-corrected chi connectivity index (χ2v) is 6.30. The van der Waals surface area contributed by atoms with Crippen LogP contribution in [0, 0.1) is 6.92 Å². The number of hydrogen-bond acceptors (Lipinski definition) is 2. The van der Waals surface area contributed by atoms with Gasteiger partial charge in [-0.2, -0.15) is 4.31 Å². The van der Waals surface area contributed by atoms with E-state index in [9.17, 15) is 8.42 Å². The Morgan fingerprint density at radius 2 is 2.00 bits per heavy atom. The normalized spacial score (nSPS) is 20.8. The molecule has 1 aromatic rings. The molecule has 96 valence electrons. The van der Waals surface area contributed by atoms with Crippen molar-refractivity contribution in [1.82, 2.24) is 4.31 Å². The fourth-order valence-corrected chi connectivity index (χ4v) is 3.56. The van der Waals surface area contributed by atoms with Crippen LogP contribution in [0.25, 0.3) is 0 Å². The second kappa shape index (κ2) is 5.08. The van der Waals surface area contributed by atoms with Gasteiger partial charge in [0.15, 0.2) is 0 Å². The Morgan fingerprint density at radius 1 is 1.33 bits per heavy atom. The average molecular weight is 263 g/mol. The lowest BCUT2D eigenvalue weighted by Gasteiger charge is -2.37. The maximum atomic E-state index is 12.4. The lowest BCUT2D eigenvalue weighted by Crippen LogP contribution is -2.49. The van der Waals surface area contributed by atoms with Gasteiger partial charge in [-0.15, -0.1) is 0 Å². The van der Waals surface area contributed by atoms with Crippen molar-refractivity contribution in [3.63, 3.8) is 0 Å². The number of rotatable bonds is 4. The molecule has 18 heavy (non-hydrogen) atoms. The predicted molar refractivity (Wildman–Crippen MR) is 72.8 cm³/mol. The molecule has 0 aliphatic carbocycles. The highest BCUT2D eigenvalue weighted by Crippen LogP contribution is 2.27. The summed E-state index contributed by atoms with van der Waals surface area (Å²) in [5.41, 5.74) is 1.06. The SMILES string of the molecule is C=CC=CC1CCN1S(=O)(=O)c1ccc(C)cc1. The van der Waals surface area contributed by atoms with E-state index in [1.54, 1.807) is 24.3 Å². The number of allylic oxidation sites excluding steroid dienone is 2. The van der Waals surface area contributed by atoms with Crippen LogP contribution in [0.5, 0.6) is 0 Å². The van der Waals surface area contributed by atoms with E-state index in [0.29, 0.717) is 11.4 Å². The first-order chi connectivity index (χ1) is 8.55. The molecule has 1 heterocycles.